The van der Waals surface area contributed by atoms with Gasteiger partial charge in [-0.15, -0.1) is 12.4 Å². The minimum absolute atomic E-state index is 0. The Morgan fingerprint density at radius 1 is 1.16 bits per heavy atom. The summed E-state index contributed by atoms with van der Waals surface area (Å²) in [5.74, 6) is 1.12. The Bertz CT molecular complexity index is 1640. The van der Waals surface area contributed by atoms with Crippen molar-refractivity contribution >= 4 is 46.4 Å². The van der Waals surface area contributed by atoms with Crippen LogP contribution in [0.3, 0.4) is 0 Å². The molecule has 224 valence electrons. The van der Waals surface area contributed by atoms with Crippen LogP contribution in [0.2, 0.25) is 0 Å². The molecule has 3 aromatic carbocycles. The molecule has 0 radical (unpaired) electrons. The standard InChI is InChI=1S/C33H36N6O3.ClH/c1-22-9-10-25(37-32(41)23-6-4-7-24(16-23)33(2,3)20-34)17-29(22)38-31-28-12-11-27(18-30(28)35-21-36-31)42-15-14-39-13-5-8-26(39)19-40;/h4,6-7,9-12,16-18,21,26,40H,5,8,13-15,19H2,1-3H3,(H,37,41)(H,35,36,38);1H. The molecule has 1 aliphatic rings. The van der Waals surface area contributed by atoms with Crippen molar-refractivity contribution in [3.8, 4) is 11.8 Å². The molecule has 1 atom stereocenters. The van der Waals surface area contributed by atoms with Gasteiger partial charge in [0.1, 0.15) is 24.5 Å². The largest absolute Gasteiger partial charge is 0.492 e. The summed E-state index contributed by atoms with van der Waals surface area (Å²) in [6.45, 7) is 8.13. The van der Waals surface area contributed by atoms with Crippen LogP contribution in [-0.4, -0.2) is 58.2 Å². The van der Waals surface area contributed by atoms with Crippen molar-refractivity contribution in [2.75, 3.05) is 36.9 Å². The van der Waals surface area contributed by atoms with Crippen LogP contribution in [0, 0.1) is 18.3 Å². The molecule has 43 heavy (non-hydrogen) atoms. The summed E-state index contributed by atoms with van der Waals surface area (Å²) in [5.41, 5.74) is 3.75. The van der Waals surface area contributed by atoms with E-state index in [0.717, 1.165) is 59.4 Å². The van der Waals surface area contributed by atoms with Gasteiger partial charge in [-0.2, -0.15) is 5.26 Å². The van der Waals surface area contributed by atoms with Crippen LogP contribution in [0.15, 0.2) is 67.0 Å². The fourth-order valence-corrected chi connectivity index (χ4v) is 5.18. The molecule has 4 aromatic rings. The van der Waals surface area contributed by atoms with E-state index in [9.17, 15) is 15.2 Å². The van der Waals surface area contributed by atoms with Crippen molar-refractivity contribution < 1.29 is 14.6 Å². The van der Waals surface area contributed by atoms with E-state index in [2.05, 4.69) is 31.6 Å². The number of rotatable bonds is 10. The van der Waals surface area contributed by atoms with Gasteiger partial charge in [0.15, 0.2) is 0 Å². The molecule has 2 heterocycles. The molecular weight excluding hydrogens is 564 g/mol. The second-order valence-corrected chi connectivity index (χ2v) is 11.2. The Labute approximate surface area is 258 Å². The normalized spacial score (nSPS) is 15.0. The summed E-state index contributed by atoms with van der Waals surface area (Å²) in [4.78, 5) is 24.3. The molecule has 1 amide bonds. The first-order valence-electron chi connectivity index (χ1n) is 14.2. The van der Waals surface area contributed by atoms with E-state index >= 15 is 0 Å². The third kappa shape index (κ3) is 7.41. The molecule has 1 unspecified atom stereocenters. The monoisotopic (exact) mass is 600 g/mol. The van der Waals surface area contributed by atoms with E-state index in [-0.39, 0.29) is 31.0 Å². The van der Waals surface area contributed by atoms with Crippen LogP contribution in [0.1, 0.15) is 48.2 Å². The lowest BCUT2D eigenvalue weighted by atomic mass is 9.85. The van der Waals surface area contributed by atoms with E-state index in [1.54, 1.807) is 18.2 Å². The highest BCUT2D eigenvalue weighted by molar-refractivity contribution is 6.04. The topological polar surface area (TPSA) is 123 Å². The number of nitriles is 1. The lowest BCUT2D eigenvalue weighted by Crippen LogP contribution is -2.35. The first-order valence-corrected chi connectivity index (χ1v) is 14.2. The van der Waals surface area contributed by atoms with Crippen LogP contribution in [0.5, 0.6) is 5.75 Å². The highest BCUT2D eigenvalue weighted by Gasteiger charge is 2.23. The Kier molecular flexibility index (Phi) is 10.2. The van der Waals surface area contributed by atoms with Gasteiger partial charge in [-0.3, -0.25) is 9.69 Å². The zero-order valence-corrected chi connectivity index (χ0v) is 25.4. The number of amides is 1. The lowest BCUT2D eigenvalue weighted by molar-refractivity contribution is 0.102. The number of anilines is 3. The predicted octanol–water partition coefficient (Wildman–Crippen LogP) is 5.99. The number of ether oxygens (including phenoxy) is 1. The Hall–Kier alpha value is -4.23. The van der Waals surface area contributed by atoms with Crippen molar-refractivity contribution in [1.82, 2.24) is 14.9 Å². The number of fused-ring (bicyclic) bond motifs is 1. The molecular formula is C33H37ClN6O3. The molecule has 0 spiro atoms. The number of aliphatic hydroxyl groups excluding tert-OH is 1. The molecule has 3 N–H and O–H groups in total. The highest BCUT2D eigenvalue weighted by Crippen LogP contribution is 2.30. The fourth-order valence-electron chi connectivity index (χ4n) is 5.18. The van der Waals surface area contributed by atoms with Gasteiger partial charge in [-0.1, -0.05) is 18.2 Å². The zero-order chi connectivity index (χ0) is 29.7. The number of halogens is 1. The minimum Gasteiger partial charge on any atom is -0.492 e. The van der Waals surface area contributed by atoms with Gasteiger partial charge in [-0.05, 0) is 87.7 Å². The van der Waals surface area contributed by atoms with Crippen LogP contribution in [0.4, 0.5) is 17.2 Å². The second-order valence-electron chi connectivity index (χ2n) is 11.2. The SMILES string of the molecule is Cc1ccc(NC(=O)c2cccc(C(C)(C)C#N)c2)cc1Nc1ncnc2cc(OCCN3CCCC3CO)ccc12.Cl. The highest BCUT2D eigenvalue weighted by atomic mass is 35.5. The Morgan fingerprint density at radius 2 is 2.00 bits per heavy atom. The molecule has 0 saturated carbocycles. The third-order valence-electron chi connectivity index (χ3n) is 7.84. The summed E-state index contributed by atoms with van der Waals surface area (Å²) in [6, 6.07) is 21.1. The molecule has 9 nitrogen and oxygen atoms in total. The van der Waals surface area contributed by atoms with Crippen LogP contribution >= 0.6 is 12.4 Å². The minimum atomic E-state index is -0.692. The summed E-state index contributed by atoms with van der Waals surface area (Å²) in [6.07, 6.45) is 3.66. The van der Waals surface area contributed by atoms with E-state index in [0.29, 0.717) is 23.7 Å². The summed E-state index contributed by atoms with van der Waals surface area (Å²) < 4.78 is 6.01. The van der Waals surface area contributed by atoms with E-state index in [1.807, 2.05) is 63.2 Å². The molecule has 0 aliphatic carbocycles. The maximum atomic E-state index is 13.1. The number of benzene rings is 3. The Balaban J connectivity index is 0.00000423. The van der Waals surface area contributed by atoms with Gasteiger partial charge >= 0.3 is 0 Å². The van der Waals surface area contributed by atoms with Gasteiger partial charge in [-0.25, -0.2) is 9.97 Å². The number of hydrogen-bond donors (Lipinski definition) is 3. The molecule has 1 aromatic heterocycles. The fraction of sp³-hybridized carbons (Fsp3) is 0.333. The van der Waals surface area contributed by atoms with Gasteiger partial charge in [0.2, 0.25) is 0 Å². The maximum absolute atomic E-state index is 13.1. The third-order valence-corrected chi connectivity index (χ3v) is 7.84. The molecule has 1 aliphatic heterocycles. The van der Waals surface area contributed by atoms with Crippen molar-refractivity contribution in [1.29, 1.82) is 5.26 Å². The van der Waals surface area contributed by atoms with E-state index in [1.165, 1.54) is 6.33 Å². The molecule has 10 heteroatoms. The first-order chi connectivity index (χ1) is 20.3. The number of aryl methyl sites for hydroxylation is 1. The van der Waals surface area contributed by atoms with Crippen molar-refractivity contribution in [3.05, 3.63) is 83.7 Å². The van der Waals surface area contributed by atoms with Crippen molar-refractivity contribution in [2.24, 2.45) is 0 Å². The van der Waals surface area contributed by atoms with Crippen LogP contribution in [-0.2, 0) is 5.41 Å². The summed E-state index contributed by atoms with van der Waals surface area (Å²) >= 11 is 0. The maximum Gasteiger partial charge on any atom is 0.255 e. The number of aliphatic hydroxyl groups is 1. The number of carbonyl (C=O) groups excluding carboxylic acids is 1. The molecule has 5 rings (SSSR count). The number of nitrogens with one attached hydrogen (secondary N) is 2. The molecule has 1 saturated heterocycles. The predicted molar refractivity (Wildman–Crippen MR) is 171 cm³/mol. The number of hydrogen-bond acceptors (Lipinski definition) is 8. The summed E-state index contributed by atoms with van der Waals surface area (Å²) in [5, 5.41) is 26.2. The van der Waals surface area contributed by atoms with Crippen LogP contribution < -0.4 is 15.4 Å². The lowest BCUT2D eigenvalue weighted by Gasteiger charge is -2.22. The second kappa shape index (κ2) is 13.8. The smallest absolute Gasteiger partial charge is 0.255 e. The number of carbonyl (C=O) groups is 1. The molecule has 1 fully saturated rings. The average Bonchev–Trinajstić information content (AvgIpc) is 3.46. The van der Waals surface area contributed by atoms with Crippen LogP contribution in [0.25, 0.3) is 10.9 Å². The Morgan fingerprint density at radius 3 is 2.79 bits per heavy atom. The number of aromatic nitrogens is 2. The average molecular weight is 601 g/mol. The number of nitrogens with zero attached hydrogens (tertiary/aromatic N) is 4. The van der Waals surface area contributed by atoms with Gasteiger partial charge < -0.3 is 20.5 Å². The first kappa shape index (κ1) is 31.7. The zero-order valence-electron chi connectivity index (χ0n) is 24.6. The van der Waals surface area contributed by atoms with Gasteiger partial charge in [0, 0.05) is 41.0 Å². The van der Waals surface area contributed by atoms with Crippen molar-refractivity contribution in [3.63, 3.8) is 0 Å². The van der Waals surface area contributed by atoms with Crippen molar-refractivity contribution in [2.45, 2.75) is 45.1 Å². The van der Waals surface area contributed by atoms with E-state index < -0.39 is 5.41 Å². The molecule has 0 bridgehead atoms. The van der Waals surface area contributed by atoms with E-state index in [4.69, 9.17) is 4.74 Å². The summed E-state index contributed by atoms with van der Waals surface area (Å²) in [7, 11) is 0. The van der Waals surface area contributed by atoms with Gasteiger partial charge in [0.05, 0.1) is 23.6 Å². The van der Waals surface area contributed by atoms with Gasteiger partial charge in [0.25, 0.3) is 5.91 Å². The quantitative estimate of drug-likeness (QED) is 0.203. The number of likely N-dealkylation sites (tertiary alicyclic amines) is 1.